The molecule has 0 saturated carbocycles. The van der Waals surface area contributed by atoms with Gasteiger partial charge >= 0.3 is 6.03 Å². The lowest BCUT2D eigenvalue weighted by Gasteiger charge is -2.27. The summed E-state index contributed by atoms with van der Waals surface area (Å²) in [5, 5.41) is 5.93. The van der Waals surface area contributed by atoms with E-state index in [2.05, 4.69) is 16.7 Å². The largest absolute Gasteiger partial charge is 0.494 e. The number of benzene rings is 2. The summed E-state index contributed by atoms with van der Waals surface area (Å²) in [6.45, 7) is 5.94. The minimum atomic E-state index is -0.129. The number of nitrogens with one attached hydrogen (secondary N) is 2. The minimum absolute atomic E-state index is 0.0433. The number of urea groups is 1. The number of carbonyl (C=O) groups is 1. The van der Waals surface area contributed by atoms with Gasteiger partial charge in [-0.05, 0) is 48.7 Å². The highest BCUT2D eigenvalue weighted by Gasteiger charge is 2.23. The van der Waals surface area contributed by atoms with E-state index >= 15 is 0 Å². The first-order chi connectivity index (χ1) is 12.7. The van der Waals surface area contributed by atoms with E-state index in [9.17, 15) is 4.79 Å². The molecule has 138 valence electrons. The molecule has 2 aromatic carbocycles. The van der Waals surface area contributed by atoms with Gasteiger partial charge in [-0.2, -0.15) is 0 Å². The van der Waals surface area contributed by atoms with E-state index in [-0.39, 0.29) is 12.1 Å². The lowest BCUT2D eigenvalue weighted by Crippen LogP contribution is -2.39. The van der Waals surface area contributed by atoms with Gasteiger partial charge < -0.3 is 20.1 Å². The van der Waals surface area contributed by atoms with Crippen LogP contribution in [0.3, 0.4) is 0 Å². The second-order valence-corrected chi connectivity index (χ2v) is 6.30. The highest BCUT2D eigenvalue weighted by atomic mass is 16.5. The predicted molar refractivity (Wildman–Crippen MR) is 103 cm³/mol. The average Bonchev–Trinajstić information content (AvgIpc) is 2.67. The molecule has 0 radical (unpaired) electrons. The van der Waals surface area contributed by atoms with Gasteiger partial charge in [0, 0.05) is 18.5 Å². The second-order valence-electron chi connectivity index (χ2n) is 6.30. The van der Waals surface area contributed by atoms with Gasteiger partial charge in [0.25, 0.3) is 0 Å². The molecule has 1 aliphatic rings. The molecular weight excluding hydrogens is 328 g/mol. The van der Waals surface area contributed by atoms with Crippen molar-refractivity contribution < 1.29 is 14.3 Å². The summed E-state index contributed by atoms with van der Waals surface area (Å²) in [5.74, 6) is 1.71. The van der Waals surface area contributed by atoms with Crippen molar-refractivity contribution in [3.63, 3.8) is 0 Å². The third-order valence-electron chi connectivity index (χ3n) is 4.39. The topological polar surface area (TPSA) is 59.6 Å². The van der Waals surface area contributed by atoms with Gasteiger partial charge in [-0.3, -0.25) is 0 Å². The van der Waals surface area contributed by atoms with Crippen LogP contribution in [0.15, 0.2) is 42.5 Å². The van der Waals surface area contributed by atoms with Crippen LogP contribution in [-0.4, -0.2) is 25.8 Å². The maximum absolute atomic E-state index is 12.1. The maximum Gasteiger partial charge on any atom is 0.315 e. The fourth-order valence-corrected chi connectivity index (χ4v) is 3.08. The quantitative estimate of drug-likeness (QED) is 0.814. The highest BCUT2D eigenvalue weighted by molar-refractivity contribution is 5.75. The molecule has 2 aromatic rings. The minimum Gasteiger partial charge on any atom is -0.494 e. The van der Waals surface area contributed by atoms with Crippen molar-refractivity contribution in [2.45, 2.75) is 32.7 Å². The van der Waals surface area contributed by atoms with Crippen molar-refractivity contribution in [3.05, 3.63) is 48.0 Å². The third kappa shape index (κ3) is 4.28. The number of hydrogen-bond acceptors (Lipinski definition) is 3. The zero-order valence-electron chi connectivity index (χ0n) is 15.4. The number of ether oxygens (including phenoxy) is 2. The van der Waals surface area contributed by atoms with Crippen molar-refractivity contribution in [2.24, 2.45) is 0 Å². The second kappa shape index (κ2) is 8.61. The fraction of sp³-hybridized carbons (Fsp3) is 0.381. The number of fused-ring (bicyclic) bond motifs is 1. The Morgan fingerprint density at radius 1 is 1.15 bits per heavy atom. The van der Waals surface area contributed by atoms with Crippen LogP contribution < -0.4 is 20.1 Å². The summed E-state index contributed by atoms with van der Waals surface area (Å²) >= 11 is 0. The van der Waals surface area contributed by atoms with E-state index < -0.39 is 0 Å². The summed E-state index contributed by atoms with van der Waals surface area (Å²) in [5.41, 5.74) is 3.23. The number of carbonyl (C=O) groups excluding carboxylic acids is 1. The van der Waals surface area contributed by atoms with Gasteiger partial charge in [-0.15, -0.1) is 0 Å². The summed E-state index contributed by atoms with van der Waals surface area (Å²) in [4.78, 5) is 12.1. The van der Waals surface area contributed by atoms with Crippen LogP contribution in [0.2, 0.25) is 0 Å². The first-order valence-electron chi connectivity index (χ1n) is 9.25. The lowest BCUT2D eigenvalue weighted by molar-refractivity contribution is 0.223. The van der Waals surface area contributed by atoms with Crippen LogP contribution in [-0.2, 0) is 0 Å². The van der Waals surface area contributed by atoms with Crippen molar-refractivity contribution in [3.8, 4) is 22.6 Å². The zero-order valence-corrected chi connectivity index (χ0v) is 15.4. The SMILES string of the molecule is CCCNC(=O)NC1CCOc2ccc(-c3ccc(OCC)cc3)cc21. The van der Waals surface area contributed by atoms with E-state index in [4.69, 9.17) is 9.47 Å². The Balaban J connectivity index is 1.80. The van der Waals surface area contributed by atoms with Crippen LogP contribution in [0.4, 0.5) is 4.79 Å². The molecule has 1 unspecified atom stereocenters. The summed E-state index contributed by atoms with van der Waals surface area (Å²) in [6, 6.07) is 14.0. The maximum atomic E-state index is 12.1. The lowest BCUT2D eigenvalue weighted by atomic mass is 9.95. The van der Waals surface area contributed by atoms with Crippen LogP contribution in [0.1, 0.15) is 38.3 Å². The van der Waals surface area contributed by atoms with Crippen molar-refractivity contribution in [2.75, 3.05) is 19.8 Å². The molecule has 2 amide bonds. The van der Waals surface area contributed by atoms with Crippen LogP contribution in [0.25, 0.3) is 11.1 Å². The number of hydrogen-bond donors (Lipinski definition) is 2. The first kappa shape index (κ1) is 18.1. The number of rotatable bonds is 6. The van der Waals surface area contributed by atoms with Gasteiger partial charge in [-0.1, -0.05) is 25.1 Å². The summed E-state index contributed by atoms with van der Waals surface area (Å²) in [7, 11) is 0. The van der Waals surface area contributed by atoms with Gasteiger partial charge in [0.1, 0.15) is 11.5 Å². The Kier molecular flexibility index (Phi) is 6.00. The monoisotopic (exact) mass is 354 g/mol. The molecular formula is C21H26N2O3. The Morgan fingerprint density at radius 2 is 1.92 bits per heavy atom. The molecule has 0 saturated heterocycles. The molecule has 0 fully saturated rings. The summed E-state index contributed by atoms with van der Waals surface area (Å²) in [6.07, 6.45) is 1.68. The smallest absolute Gasteiger partial charge is 0.315 e. The molecule has 0 bridgehead atoms. The molecule has 5 nitrogen and oxygen atoms in total. The Morgan fingerprint density at radius 3 is 2.65 bits per heavy atom. The molecule has 0 aliphatic carbocycles. The molecule has 1 aliphatic heterocycles. The highest BCUT2D eigenvalue weighted by Crippen LogP contribution is 2.35. The normalized spacial score (nSPS) is 15.5. The van der Waals surface area contributed by atoms with Crippen LogP contribution >= 0.6 is 0 Å². The molecule has 5 heteroatoms. The van der Waals surface area contributed by atoms with Crippen molar-refractivity contribution in [1.29, 1.82) is 0 Å². The molecule has 0 spiro atoms. The van der Waals surface area contributed by atoms with Gasteiger partial charge in [0.05, 0.1) is 19.3 Å². The van der Waals surface area contributed by atoms with E-state index in [1.807, 2.05) is 50.2 Å². The standard InChI is InChI=1S/C21H26N2O3/c1-3-12-22-21(24)23-19-11-13-26-20-10-7-16(14-18(19)20)15-5-8-17(9-6-15)25-4-2/h5-10,14,19H,3-4,11-13H2,1-2H3,(H2,22,23,24). The fourth-order valence-electron chi connectivity index (χ4n) is 3.08. The van der Waals surface area contributed by atoms with E-state index in [0.29, 0.717) is 19.8 Å². The Bertz CT molecular complexity index is 743. The Hall–Kier alpha value is -2.69. The molecule has 1 heterocycles. The first-order valence-corrected chi connectivity index (χ1v) is 9.25. The molecule has 2 N–H and O–H groups in total. The van der Waals surface area contributed by atoms with Crippen molar-refractivity contribution in [1.82, 2.24) is 10.6 Å². The van der Waals surface area contributed by atoms with Crippen molar-refractivity contribution >= 4 is 6.03 Å². The van der Waals surface area contributed by atoms with Crippen LogP contribution in [0, 0.1) is 0 Å². The molecule has 1 atom stereocenters. The van der Waals surface area contributed by atoms with Crippen LogP contribution in [0.5, 0.6) is 11.5 Å². The number of amides is 2. The average molecular weight is 354 g/mol. The van der Waals surface area contributed by atoms with E-state index in [1.54, 1.807) is 0 Å². The Labute approximate surface area is 154 Å². The zero-order chi connectivity index (χ0) is 18.4. The van der Waals surface area contributed by atoms with E-state index in [0.717, 1.165) is 41.0 Å². The van der Waals surface area contributed by atoms with E-state index in [1.165, 1.54) is 0 Å². The van der Waals surface area contributed by atoms with Gasteiger partial charge in [0.15, 0.2) is 0 Å². The predicted octanol–water partition coefficient (Wildman–Crippen LogP) is 4.29. The molecule has 3 rings (SSSR count). The third-order valence-corrected chi connectivity index (χ3v) is 4.39. The molecule has 0 aromatic heterocycles. The van der Waals surface area contributed by atoms with Gasteiger partial charge in [-0.25, -0.2) is 4.79 Å². The summed E-state index contributed by atoms with van der Waals surface area (Å²) < 4.78 is 11.3. The van der Waals surface area contributed by atoms with Gasteiger partial charge in [0.2, 0.25) is 0 Å². The molecule has 26 heavy (non-hydrogen) atoms.